The van der Waals surface area contributed by atoms with E-state index in [1.54, 1.807) is 0 Å². The van der Waals surface area contributed by atoms with Gasteiger partial charge in [0.15, 0.2) is 5.78 Å². The highest BCUT2D eigenvalue weighted by Gasteiger charge is 2.40. The highest BCUT2D eigenvalue weighted by molar-refractivity contribution is 5.99. The van der Waals surface area contributed by atoms with Crippen molar-refractivity contribution in [2.75, 3.05) is 33.2 Å². The van der Waals surface area contributed by atoms with Crippen LogP contribution in [0.2, 0.25) is 0 Å². The van der Waals surface area contributed by atoms with E-state index in [-0.39, 0.29) is 5.41 Å². The quantitative estimate of drug-likeness (QED) is 0.774. The van der Waals surface area contributed by atoms with E-state index >= 15 is 0 Å². The Morgan fingerprint density at radius 3 is 2.50 bits per heavy atom. The van der Waals surface area contributed by atoms with E-state index in [0.29, 0.717) is 5.78 Å². The van der Waals surface area contributed by atoms with Gasteiger partial charge in [0.2, 0.25) is 0 Å². The van der Waals surface area contributed by atoms with Gasteiger partial charge in [0, 0.05) is 12.0 Å². The fourth-order valence-corrected chi connectivity index (χ4v) is 4.53. The van der Waals surface area contributed by atoms with Gasteiger partial charge in [-0.25, -0.2) is 0 Å². The number of benzene rings is 1. The molecule has 3 aliphatic rings. The largest absolute Gasteiger partial charge is 0.317 e. The van der Waals surface area contributed by atoms with E-state index in [4.69, 9.17) is 0 Å². The third-order valence-electron chi connectivity index (χ3n) is 6.43. The van der Waals surface area contributed by atoms with Crippen LogP contribution in [-0.2, 0) is 6.42 Å². The summed E-state index contributed by atoms with van der Waals surface area (Å²) in [5.74, 6) is 1.15. The number of Topliss-reactive ketones (excluding diaryl/α,β-unsaturated/α-hetero) is 1. The maximum absolute atomic E-state index is 12.4. The maximum Gasteiger partial charge on any atom is 0.163 e. The summed E-state index contributed by atoms with van der Waals surface area (Å²) in [6.07, 6.45) is 8.83. The van der Waals surface area contributed by atoms with Crippen molar-refractivity contribution in [3.05, 3.63) is 47.5 Å². The minimum absolute atomic E-state index is 0.256. The summed E-state index contributed by atoms with van der Waals surface area (Å²) < 4.78 is 0. The Hall–Kier alpha value is -1.45. The van der Waals surface area contributed by atoms with Gasteiger partial charge < -0.3 is 10.2 Å². The van der Waals surface area contributed by atoms with Gasteiger partial charge in [-0.2, -0.15) is 0 Å². The van der Waals surface area contributed by atoms with E-state index in [1.165, 1.54) is 49.9 Å². The Morgan fingerprint density at radius 2 is 1.88 bits per heavy atom. The molecule has 4 rings (SSSR count). The number of carbonyl (C=O) groups excluding carboxylic acids is 1. The maximum atomic E-state index is 12.4. The molecule has 142 valence electrons. The molecule has 1 spiro atoms. The topological polar surface area (TPSA) is 32.3 Å². The van der Waals surface area contributed by atoms with Crippen LogP contribution in [0.5, 0.6) is 0 Å². The van der Waals surface area contributed by atoms with Gasteiger partial charge in [0.1, 0.15) is 0 Å². The van der Waals surface area contributed by atoms with Crippen LogP contribution in [0.4, 0.5) is 0 Å². The fourth-order valence-electron chi connectivity index (χ4n) is 4.53. The second-order valence-corrected chi connectivity index (χ2v) is 8.56. The summed E-state index contributed by atoms with van der Waals surface area (Å²) in [5.41, 5.74) is 3.72. The predicted octanol–water partition coefficient (Wildman–Crippen LogP) is 4.01. The number of likely N-dealkylation sites (tertiary alicyclic amines) is 1. The van der Waals surface area contributed by atoms with E-state index in [9.17, 15) is 4.79 Å². The van der Waals surface area contributed by atoms with Gasteiger partial charge in [-0.1, -0.05) is 23.8 Å². The molecule has 0 unspecified atom stereocenters. The summed E-state index contributed by atoms with van der Waals surface area (Å²) in [7, 11) is 2.18. The molecule has 0 radical (unpaired) electrons. The lowest BCUT2D eigenvalue weighted by atomic mass is 9.66. The van der Waals surface area contributed by atoms with Crippen molar-refractivity contribution in [3.8, 4) is 0 Å². The number of ketones is 1. The van der Waals surface area contributed by atoms with Gasteiger partial charge in [-0.3, -0.25) is 4.79 Å². The predicted molar refractivity (Wildman–Crippen MR) is 109 cm³/mol. The van der Waals surface area contributed by atoms with Gasteiger partial charge in [0.05, 0.1) is 0 Å². The van der Waals surface area contributed by atoms with Gasteiger partial charge in [-0.15, -0.1) is 6.58 Å². The van der Waals surface area contributed by atoms with Gasteiger partial charge >= 0.3 is 0 Å². The third-order valence-corrected chi connectivity index (χ3v) is 6.43. The molecule has 1 aliphatic carbocycles. The standard InChI is InChI=1S/C16H21NO.C7H13N/c1-12-3-4-13-10-16(5-7-17(2)8-6-16)11-15(18)14(13)9-12;1-2-7-3-5-8-6-4-7/h3-4,9H,5-8,10-11H2,1-2H3;2,7-8H,1,3-6H2. The minimum Gasteiger partial charge on any atom is -0.317 e. The molecule has 0 aromatic heterocycles. The SMILES string of the molecule is C=CC1CCNCC1.Cc1ccc2c(c1)C(=O)CC1(CCN(C)CC1)C2. The number of carbonyl (C=O) groups is 1. The zero-order chi connectivity index (χ0) is 18.6. The number of nitrogens with zero attached hydrogens (tertiary/aromatic N) is 1. The van der Waals surface area contributed by atoms with E-state index in [0.717, 1.165) is 37.4 Å². The number of fused-ring (bicyclic) bond motifs is 1. The number of rotatable bonds is 1. The Bertz CT molecular complexity index is 638. The third kappa shape index (κ3) is 4.63. The van der Waals surface area contributed by atoms with Crippen molar-refractivity contribution in [1.29, 1.82) is 0 Å². The number of nitrogens with one attached hydrogen (secondary N) is 1. The molecule has 2 aliphatic heterocycles. The lowest BCUT2D eigenvalue weighted by Gasteiger charge is -2.43. The first kappa shape index (κ1) is 19.3. The number of aryl methyl sites for hydroxylation is 1. The van der Waals surface area contributed by atoms with Crippen LogP contribution in [0, 0.1) is 18.3 Å². The molecule has 1 N–H and O–H groups in total. The molecule has 1 aromatic rings. The summed E-state index contributed by atoms with van der Waals surface area (Å²) in [6, 6.07) is 6.38. The smallest absolute Gasteiger partial charge is 0.163 e. The highest BCUT2D eigenvalue weighted by Crippen LogP contribution is 2.43. The molecule has 0 amide bonds. The van der Waals surface area contributed by atoms with Crippen LogP contribution in [0.1, 0.15) is 53.6 Å². The molecule has 2 heterocycles. The zero-order valence-corrected chi connectivity index (χ0v) is 16.5. The zero-order valence-electron chi connectivity index (χ0n) is 16.5. The Kier molecular flexibility index (Phi) is 6.31. The van der Waals surface area contributed by atoms with Gasteiger partial charge in [-0.05, 0) is 95.2 Å². The first-order chi connectivity index (χ1) is 12.5. The normalized spacial score (nSPS) is 23.1. The molecule has 3 heteroatoms. The van der Waals surface area contributed by atoms with Crippen LogP contribution in [0.25, 0.3) is 0 Å². The molecule has 0 saturated carbocycles. The molecule has 0 bridgehead atoms. The van der Waals surface area contributed by atoms with Crippen LogP contribution in [0.3, 0.4) is 0 Å². The Labute approximate surface area is 158 Å². The van der Waals surface area contributed by atoms with Crippen molar-refractivity contribution in [2.24, 2.45) is 11.3 Å². The first-order valence-electron chi connectivity index (χ1n) is 10.2. The monoisotopic (exact) mass is 354 g/mol. The molecule has 3 nitrogen and oxygen atoms in total. The molecule has 2 fully saturated rings. The lowest BCUT2D eigenvalue weighted by molar-refractivity contribution is 0.0728. The van der Waals surface area contributed by atoms with Crippen LogP contribution in [0.15, 0.2) is 30.9 Å². The molecule has 2 saturated heterocycles. The number of allylic oxidation sites excluding steroid dienone is 1. The summed E-state index contributed by atoms with van der Waals surface area (Å²) in [4.78, 5) is 14.8. The molecule has 0 atom stereocenters. The van der Waals surface area contributed by atoms with Crippen molar-refractivity contribution in [3.63, 3.8) is 0 Å². The average molecular weight is 355 g/mol. The molecular weight excluding hydrogens is 320 g/mol. The fraction of sp³-hybridized carbons (Fsp3) is 0.609. The van der Waals surface area contributed by atoms with E-state index in [1.807, 2.05) is 0 Å². The number of piperidine rings is 2. The van der Waals surface area contributed by atoms with Crippen LogP contribution in [-0.4, -0.2) is 43.9 Å². The van der Waals surface area contributed by atoms with Crippen molar-refractivity contribution in [1.82, 2.24) is 10.2 Å². The second-order valence-electron chi connectivity index (χ2n) is 8.56. The Balaban J connectivity index is 0.000000206. The van der Waals surface area contributed by atoms with Crippen molar-refractivity contribution >= 4 is 5.78 Å². The van der Waals surface area contributed by atoms with E-state index in [2.05, 4.69) is 55.0 Å². The van der Waals surface area contributed by atoms with Crippen LogP contribution < -0.4 is 5.32 Å². The summed E-state index contributed by atoms with van der Waals surface area (Å²) in [6.45, 7) is 10.4. The summed E-state index contributed by atoms with van der Waals surface area (Å²) >= 11 is 0. The molecular formula is C23H34N2O. The molecule has 26 heavy (non-hydrogen) atoms. The minimum atomic E-state index is 0.256. The van der Waals surface area contributed by atoms with Crippen LogP contribution >= 0.6 is 0 Å². The first-order valence-corrected chi connectivity index (χ1v) is 10.2. The van der Waals surface area contributed by atoms with Crippen molar-refractivity contribution in [2.45, 2.75) is 45.4 Å². The average Bonchev–Trinajstić information content (AvgIpc) is 2.66. The molecule has 1 aromatic carbocycles. The second kappa shape index (κ2) is 8.49. The summed E-state index contributed by atoms with van der Waals surface area (Å²) in [5, 5.41) is 3.30. The number of hydrogen-bond acceptors (Lipinski definition) is 3. The van der Waals surface area contributed by atoms with E-state index < -0.39 is 0 Å². The lowest BCUT2D eigenvalue weighted by Crippen LogP contribution is -2.42. The van der Waals surface area contributed by atoms with Gasteiger partial charge in [0.25, 0.3) is 0 Å². The highest BCUT2D eigenvalue weighted by atomic mass is 16.1. The number of hydrogen-bond donors (Lipinski definition) is 1. The van der Waals surface area contributed by atoms with Crippen molar-refractivity contribution < 1.29 is 4.79 Å². The Morgan fingerprint density at radius 1 is 1.19 bits per heavy atom.